The molecule has 0 amide bonds. The van der Waals surface area contributed by atoms with Crippen molar-refractivity contribution < 1.29 is 23.4 Å². The second-order valence-corrected chi connectivity index (χ2v) is 10.3. The summed E-state index contributed by atoms with van der Waals surface area (Å²) in [6.45, 7) is 5.90. The highest BCUT2D eigenvalue weighted by molar-refractivity contribution is 6.30. The first-order valence-corrected chi connectivity index (χ1v) is 12.9. The van der Waals surface area contributed by atoms with Gasteiger partial charge >= 0.3 is 0 Å². The molecular formula is C30H30ClF2NO3. The highest BCUT2D eigenvalue weighted by Gasteiger charge is 2.31. The van der Waals surface area contributed by atoms with Crippen LogP contribution in [-0.2, 0) is 0 Å². The zero-order valence-corrected chi connectivity index (χ0v) is 21.6. The van der Waals surface area contributed by atoms with E-state index in [1.165, 1.54) is 12.1 Å². The molecule has 3 aromatic rings. The molecule has 1 fully saturated rings. The first kappa shape index (κ1) is 25.6. The molecule has 0 aliphatic carbocycles. The third-order valence-corrected chi connectivity index (χ3v) is 7.56. The highest BCUT2D eigenvalue weighted by Crippen LogP contribution is 2.48. The normalized spacial score (nSPS) is 20.5. The van der Waals surface area contributed by atoms with Crippen LogP contribution < -0.4 is 9.47 Å². The van der Waals surface area contributed by atoms with E-state index in [2.05, 4.69) is 11.8 Å². The quantitative estimate of drug-likeness (QED) is 0.351. The molecule has 2 aliphatic heterocycles. The SMILES string of the molecule is CC1=C(c2cc(Cl)ccc2F)C(c2ccc(OC[C@H](C)N3CC[C@@H](CF)C3)cc2)Oc2ccc(O)cc21. The number of alkyl halides is 1. The Morgan fingerprint density at radius 3 is 2.62 bits per heavy atom. The predicted molar refractivity (Wildman–Crippen MR) is 142 cm³/mol. The van der Waals surface area contributed by atoms with Gasteiger partial charge in [-0.25, -0.2) is 4.39 Å². The Morgan fingerprint density at radius 2 is 1.89 bits per heavy atom. The molecule has 4 nitrogen and oxygen atoms in total. The van der Waals surface area contributed by atoms with E-state index >= 15 is 4.39 Å². The second-order valence-electron chi connectivity index (χ2n) is 9.87. The van der Waals surface area contributed by atoms with Gasteiger partial charge in [-0.2, -0.15) is 0 Å². The van der Waals surface area contributed by atoms with E-state index in [4.69, 9.17) is 21.1 Å². The number of hydrogen-bond donors (Lipinski definition) is 1. The van der Waals surface area contributed by atoms with E-state index in [1.807, 2.05) is 31.2 Å². The molecule has 2 heterocycles. The summed E-state index contributed by atoms with van der Waals surface area (Å²) in [5.74, 6) is 1.16. The molecule has 7 heteroatoms. The third-order valence-electron chi connectivity index (χ3n) is 7.33. The number of halogens is 3. The second kappa shape index (κ2) is 10.7. The fourth-order valence-corrected chi connectivity index (χ4v) is 5.35. The summed E-state index contributed by atoms with van der Waals surface area (Å²) < 4.78 is 40.4. The average molecular weight is 526 g/mol. The van der Waals surface area contributed by atoms with Gasteiger partial charge < -0.3 is 14.6 Å². The predicted octanol–water partition coefficient (Wildman–Crippen LogP) is 7.31. The minimum absolute atomic E-state index is 0.107. The van der Waals surface area contributed by atoms with E-state index in [9.17, 15) is 9.50 Å². The molecule has 1 N–H and O–H groups in total. The van der Waals surface area contributed by atoms with Crippen molar-refractivity contribution in [2.75, 3.05) is 26.4 Å². The van der Waals surface area contributed by atoms with Crippen LogP contribution in [0.25, 0.3) is 11.1 Å². The minimum atomic E-state index is -0.583. The number of rotatable bonds is 7. The lowest BCUT2D eigenvalue weighted by Crippen LogP contribution is -2.35. The Hall–Kier alpha value is -3.09. The minimum Gasteiger partial charge on any atom is -0.508 e. The summed E-state index contributed by atoms with van der Waals surface area (Å²) in [5, 5.41) is 10.5. The molecule has 0 radical (unpaired) electrons. The largest absolute Gasteiger partial charge is 0.508 e. The molecular weight excluding hydrogens is 496 g/mol. The van der Waals surface area contributed by atoms with Crippen molar-refractivity contribution in [3.05, 3.63) is 88.2 Å². The van der Waals surface area contributed by atoms with Crippen LogP contribution in [0.3, 0.4) is 0 Å². The first-order chi connectivity index (χ1) is 17.8. The molecule has 3 atom stereocenters. The highest BCUT2D eigenvalue weighted by atomic mass is 35.5. The number of likely N-dealkylation sites (tertiary alicyclic amines) is 1. The van der Waals surface area contributed by atoms with Crippen LogP contribution in [0.1, 0.15) is 43.1 Å². The van der Waals surface area contributed by atoms with Crippen LogP contribution in [0.5, 0.6) is 17.2 Å². The van der Waals surface area contributed by atoms with Crippen LogP contribution in [0.4, 0.5) is 8.78 Å². The lowest BCUT2D eigenvalue weighted by atomic mass is 9.86. The van der Waals surface area contributed by atoms with Gasteiger partial charge in [-0.3, -0.25) is 9.29 Å². The molecule has 194 valence electrons. The van der Waals surface area contributed by atoms with Crippen LogP contribution in [-0.4, -0.2) is 42.4 Å². The molecule has 5 rings (SSSR count). The summed E-state index contributed by atoms with van der Waals surface area (Å²) in [5.41, 5.74) is 3.34. The number of allylic oxidation sites excluding steroid dienone is 1. The Kier molecular flexibility index (Phi) is 7.40. The van der Waals surface area contributed by atoms with E-state index in [0.29, 0.717) is 39.8 Å². The Labute approximate surface area is 221 Å². The smallest absolute Gasteiger partial charge is 0.150 e. The number of phenolic OH excluding ortho intramolecular Hbond substituents is 1. The summed E-state index contributed by atoms with van der Waals surface area (Å²) >= 11 is 6.24. The Morgan fingerprint density at radius 1 is 1.11 bits per heavy atom. The number of benzene rings is 3. The fraction of sp³-hybridized carbons (Fsp3) is 0.333. The van der Waals surface area contributed by atoms with Gasteiger partial charge in [0, 0.05) is 40.2 Å². The summed E-state index contributed by atoms with van der Waals surface area (Å²) in [6.07, 6.45) is 0.308. The summed E-state index contributed by atoms with van der Waals surface area (Å²) in [4.78, 5) is 2.27. The molecule has 2 aliphatic rings. The van der Waals surface area contributed by atoms with Crippen LogP contribution in [0, 0.1) is 11.7 Å². The van der Waals surface area contributed by atoms with Crippen molar-refractivity contribution >= 4 is 22.7 Å². The molecule has 37 heavy (non-hydrogen) atoms. The standard InChI is InChI=1S/C30H30ClF2NO3/c1-18(34-12-11-20(15-32)16-34)17-36-24-7-3-21(4-8-24)30-29(26-13-22(31)5-9-27(26)33)19(2)25-14-23(35)6-10-28(25)37-30/h3-10,13-14,18,20,30,35H,11-12,15-17H2,1-2H3/t18-,20-,30?/m0/s1. The van der Waals surface area contributed by atoms with Crippen LogP contribution in [0.2, 0.25) is 5.02 Å². The lowest BCUT2D eigenvalue weighted by Gasteiger charge is -2.31. The van der Waals surface area contributed by atoms with Gasteiger partial charge in [0.2, 0.25) is 0 Å². The van der Waals surface area contributed by atoms with Crippen molar-refractivity contribution in [3.8, 4) is 17.2 Å². The van der Waals surface area contributed by atoms with E-state index in [0.717, 1.165) is 30.6 Å². The zero-order valence-electron chi connectivity index (χ0n) is 20.9. The number of nitrogens with zero attached hydrogens (tertiary/aromatic N) is 1. The molecule has 1 saturated heterocycles. The number of fused-ring (bicyclic) bond motifs is 1. The van der Waals surface area contributed by atoms with Gasteiger partial charge in [-0.1, -0.05) is 23.7 Å². The number of aromatic hydroxyl groups is 1. The zero-order chi connectivity index (χ0) is 26.1. The molecule has 1 unspecified atom stereocenters. The lowest BCUT2D eigenvalue weighted by molar-refractivity contribution is 0.165. The average Bonchev–Trinajstić information content (AvgIpc) is 3.39. The molecule has 0 spiro atoms. The van der Waals surface area contributed by atoms with Gasteiger partial charge in [-0.15, -0.1) is 0 Å². The van der Waals surface area contributed by atoms with Crippen LogP contribution in [0.15, 0.2) is 60.7 Å². The third kappa shape index (κ3) is 5.32. The molecule has 0 bridgehead atoms. The Bertz CT molecular complexity index is 1310. The molecule has 0 aromatic heterocycles. The number of hydrogen-bond acceptors (Lipinski definition) is 4. The first-order valence-electron chi connectivity index (χ1n) is 12.5. The van der Waals surface area contributed by atoms with E-state index in [-0.39, 0.29) is 24.4 Å². The Balaban J connectivity index is 1.41. The van der Waals surface area contributed by atoms with Crippen molar-refractivity contribution in [2.24, 2.45) is 5.92 Å². The monoisotopic (exact) mass is 525 g/mol. The molecule has 3 aromatic carbocycles. The maximum Gasteiger partial charge on any atom is 0.150 e. The number of ether oxygens (including phenoxy) is 2. The number of phenols is 1. The van der Waals surface area contributed by atoms with Crippen molar-refractivity contribution in [1.82, 2.24) is 4.90 Å². The summed E-state index contributed by atoms with van der Waals surface area (Å²) in [7, 11) is 0. The van der Waals surface area contributed by atoms with Crippen molar-refractivity contribution in [1.29, 1.82) is 0 Å². The van der Waals surface area contributed by atoms with Gasteiger partial charge in [-0.05, 0) is 86.5 Å². The van der Waals surface area contributed by atoms with Crippen molar-refractivity contribution in [2.45, 2.75) is 32.4 Å². The molecule has 0 saturated carbocycles. The van der Waals surface area contributed by atoms with E-state index < -0.39 is 11.9 Å². The van der Waals surface area contributed by atoms with Gasteiger partial charge in [0.1, 0.15) is 35.8 Å². The van der Waals surface area contributed by atoms with Gasteiger partial charge in [0.25, 0.3) is 0 Å². The van der Waals surface area contributed by atoms with Crippen molar-refractivity contribution in [3.63, 3.8) is 0 Å². The maximum absolute atomic E-state index is 15.0. The fourth-order valence-electron chi connectivity index (χ4n) is 5.17. The van der Waals surface area contributed by atoms with Crippen LogP contribution >= 0.6 is 11.6 Å². The topological polar surface area (TPSA) is 41.9 Å². The van der Waals surface area contributed by atoms with Gasteiger partial charge in [0.15, 0.2) is 0 Å². The summed E-state index contributed by atoms with van der Waals surface area (Å²) in [6, 6.07) is 17.2. The maximum atomic E-state index is 15.0. The van der Waals surface area contributed by atoms with Gasteiger partial charge in [0.05, 0.1) is 6.67 Å². The van der Waals surface area contributed by atoms with E-state index in [1.54, 1.807) is 24.3 Å².